The lowest BCUT2D eigenvalue weighted by Crippen LogP contribution is -2.39. The lowest BCUT2D eigenvalue weighted by Gasteiger charge is -2.34. The molecular formula is C15H18F2O2. The average molecular weight is 268 g/mol. The van der Waals surface area contributed by atoms with Gasteiger partial charge >= 0.3 is 0 Å². The molecule has 0 aliphatic heterocycles. The second-order valence-electron chi connectivity index (χ2n) is 4.80. The van der Waals surface area contributed by atoms with E-state index < -0.39 is 11.6 Å². The Morgan fingerprint density at radius 2 is 1.95 bits per heavy atom. The third kappa shape index (κ3) is 2.95. The summed E-state index contributed by atoms with van der Waals surface area (Å²) >= 11 is 0. The smallest absolute Gasteiger partial charge is 0.137 e. The maximum Gasteiger partial charge on any atom is 0.137 e. The van der Waals surface area contributed by atoms with Crippen LogP contribution in [0.3, 0.4) is 0 Å². The molecule has 0 radical (unpaired) electrons. The van der Waals surface area contributed by atoms with Crippen LogP contribution in [0.1, 0.15) is 32.3 Å². The monoisotopic (exact) mass is 268 g/mol. The molecule has 1 saturated carbocycles. The molecule has 2 nitrogen and oxygen atoms in total. The predicted molar refractivity (Wildman–Crippen MR) is 70.1 cm³/mol. The molecule has 1 aliphatic carbocycles. The van der Waals surface area contributed by atoms with Crippen molar-refractivity contribution in [2.45, 2.75) is 38.9 Å². The van der Waals surface area contributed by atoms with Gasteiger partial charge in [0, 0.05) is 32.1 Å². The summed E-state index contributed by atoms with van der Waals surface area (Å²) in [6, 6.07) is 2.12. The van der Waals surface area contributed by atoms with Crippen molar-refractivity contribution < 1.29 is 18.3 Å². The maximum atomic E-state index is 13.9. The Bertz CT molecular complexity index is 491. The van der Waals surface area contributed by atoms with Crippen LogP contribution in [0.5, 0.6) is 5.75 Å². The molecule has 4 heteroatoms. The zero-order valence-corrected chi connectivity index (χ0v) is 11.4. The number of rotatable bonds is 4. The van der Waals surface area contributed by atoms with Crippen LogP contribution >= 0.6 is 0 Å². The Morgan fingerprint density at radius 3 is 2.53 bits per heavy atom. The Morgan fingerprint density at radius 1 is 1.26 bits per heavy atom. The highest BCUT2D eigenvalue weighted by Crippen LogP contribution is 2.34. The topological polar surface area (TPSA) is 18.5 Å². The molecule has 0 heterocycles. The minimum Gasteiger partial charge on any atom is -0.489 e. The van der Waals surface area contributed by atoms with Gasteiger partial charge in [-0.1, -0.05) is 6.08 Å². The van der Waals surface area contributed by atoms with E-state index in [1.54, 1.807) is 20.1 Å². The van der Waals surface area contributed by atoms with Crippen LogP contribution in [0.4, 0.5) is 8.78 Å². The van der Waals surface area contributed by atoms with Crippen molar-refractivity contribution in [1.82, 2.24) is 0 Å². The molecule has 0 unspecified atom stereocenters. The first-order chi connectivity index (χ1) is 9.05. The van der Waals surface area contributed by atoms with Gasteiger partial charge in [0.25, 0.3) is 0 Å². The van der Waals surface area contributed by atoms with Gasteiger partial charge in [0.05, 0.1) is 11.7 Å². The molecule has 0 bridgehead atoms. The number of benzene rings is 1. The summed E-state index contributed by atoms with van der Waals surface area (Å²) in [5.74, 6) is -0.941. The molecule has 19 heavy (non-hydrogen) atoms. The third-order valence-corrected chi connectivity index (χ3v) is 3.52. The van der Waals surface area contributed by atoms with E-state index in [1.165, 1.54) is 6.07 Å². The summed E-state index contributed by atoms with van der Waals surface area (Å²) in [6.07, 6.45) is 3.44. The Kier molecular flexibility index (Phi) is 4.20. The van der Waals surface area contributed by atoms with E-state index in [4.69, 9.17) is 9.47 Å². The molecule has 0 spiro atoms. The van der Waals surface area contributed by atoms with Gasteiger partial charge in [-0.15, -0.1) is 0 Å². The van der Waals surface area contributed by atoms with Crippen molar-refractivity contribution in [3.63, 3.8) is 0 Å². The molecule has 0 amide bonds. The lowest BCUT2D eigenvalue weighted by atomic mass is 9.92. The van der Waals surface area contributed by atoms with Crippen molar-refractivity contribution in [3.8, 4) is 5.75 Å². The molecule has 1 aromatic rings. The Balaban J connectivity index is 2.23. The first-order valence-electron chi connectivity index (χ1n) is 6.37. The summed E-state index contributed by atoms with van der Waals surface area (Å²) in [7, 11) is 1.65. The van der Waals surface area contributed by atoms with E-state index in [-0.39, 0.29) is 18.0 Å². The van der Waals surface area contributed by atoms with E-state index in [2.05, 4.69) is 0 Å². The zero-order chi connectivity index (χ0) is 14.0. The molecule has 0 aromatic heterocycles. The van der Waals surface area contributed by atoms with Gasteiger partial charge in [0.1, 0.15) is 23.5 Å². The van der Waals surface area contributed by atoms with Crippen LogP contribution in [0, 0.1) is 11.6 Å². The Hall–Kier alpha value is -1.42. The molecule has 104 valence electrons. The number of ether oxygens (including phenoxy) is 2. The van der Waals surface area contributed by atoms with Crippen molar-refractivity contribution in [2.24, 2.45) is 0 Å². The average Bonchev–Trinajstić information content (AvgIpc) is 2.31. The van der Waals surface area contributed by atoms with E-state index in [0.29, 0.717) is 5.56 Å². The van der Waals surface area contributed by atoms with Gasteiger partial charge in [-0.25, -0.2) is 8.78 Å². The summed E-state index contributed by atoms with van der Waals surface area (Å²) in [5.41, 5.74) is 1.07. The fraction of sp³-hybridized carbons (Fsp3) is 0.467. The molecule has 1 fully saturated rings. The largest absolute Gasteiger partial charge is 0.489 e. The van der Waals surface area contributed by atoms with Crippen LogP contribution in [-0.4, -0.2) is 19.3 Å². The Labute approximate surface area is 112 Å². The SMILES string of the molecule is C/C=C(/C)c1c(F)cc(F)cc1OC1CC(OC)C1. The minimum atomic E-state index is -0.622. The summed E-state index contributed by atoms with van der Waals surface area (Å²) in [5, 5.41) is 0. The second kappa shape index (κ2) is 5.70. The first-order valence-corrected chi connectivity index (χ1v) is 6.37. The van der Waals surface area contributed by atoms with Gasteiger partial charge in [0.2, 0.25) is 0 Å². The quantitative estimate of drug-likeness (QED) is 0.823. The molecule has 2 rings (SSSR count). The van der Waals surface area contributed by atoms with Crippen LogP contribution < -0.4 is 4.74 Å². The number of methoxy groups -OCH3 is 1. The van der Waals surface area contributed by atoms with Crippen molar-refractivity contribution >= 4 is 5.57 Å². The summed E-state index contributed by atoms with van der Waals surface area (Å²) in [4.78, 5) is 0. The van der Waals surface area contributed by atoms with Crippen LogP contribution in [0.15, 0.2) is 18.2 Å². The predicted octanol–water partition coefficient (Wildman–Crippen LogP) is 3.94. The summed E-state index contributed by atoms with van der Waals surface area (Å²) < 4.78 is 38.1. The normalized spacial score (nSPS) is 23.1. The molecule has 0 saturated heterocycles. The highest BCUT2D eigenvalue weighted by atomic mass is 19.1. The van der Waals surface area contributed by atoms with Crippen LogP contribution in [-0.2, 0) is 4.74 Å². The van der Waals surface area contributed by atoms with Crippen LogP contribution in [0.25, 0.3) is 5.57 Å². The minimum absolute atomic E-state index is 0.0328. The van der Waals surface area contributed by atoms with Gasteiger partial charge < -0.3 is 9.47 Å². The zero-order valence-electron chi connectivity index (χ0n) is 11.4. The number of allylic oxidation sites excluding steroid dienone is 2. The van der Waals surface area contributed by atoms with E-state index >= 15 is 0 Å². The second-order valence-corrected chi connectivity index (χ2v) is 4.80. The highest BCUT2D eigenvalue weighted by Gasteiger charge is 2.31. The first kappa shape index (κ1) is 14.0. The molecular weight excluding hydrogens is 250 g/mol. The number of hydrogen-bond donors (Lipinski definition) is 0. The van der Waals surface area contributed by atoms with E-state index in [0.717, 1.165) is 24.5 Å². The number of hydrogen-bond acceptors (Lipinski definition) is 2. The van der Waals surface area contributed by atoms with Crippen molar-refractivity contribution in [2.75, 3.05) is 7.11 Å². The van der Waals surface area contributed by atoms with Crippen molar-refractivity contribution in [1.29, 1.82) is 0 Å². The summed E-state index contributed by atoms with van der Waals surface area (Å²) in [6.45, 7) is 3.59. The van der Waals surface area contributed by atoms with Gasteiger partial charge in [-0.2, -0.15) is 0 Å². The van der Waals surface area contributed by atoms with Crippen LogP contribution in [0.2, 0.25) is 0 Å². The lowest BCUT2D eigenvalue weighted by molar-refractivity contribution is -0.0383. The molecule has 0 N–H and O–H groups in total. The van der Waals surface area contributed by atoms with Gasteiger partial charge in [-0.05, 0) is 19.4 Å². The standard InChI is InChI=1S/C15H18F2O2/c1-4-9(2)15-13(17)5-10(16)6-14(15)19-12-7-11(8-12)18-3/h4-6,11-12H,7-8H2,1-3H3/b9-4-. The van der Waals surface area contributed by atoms with Gasteiger partial charge in [0.15, 0.2) is 0 Å². The fourth-order valence-corrected chi connectivity index (χ4v) is 2.16. The number of halogens is 2. The van der Waals surface area contributed by atoms with Crippen molar-refractivity contribution in [3.05, 3.63) is 35.4 Å². The van der Waals surface area contributed by atoms with Gasteiger partial charge in [-0.3, -0.25) is 0 Å². The van der Waals surface area contributed by atoms with E-state index in [1.807, 2.05) is 6.92 Å². The fourth-order valence-electron chi connectivity index (χ4n) is 2.16. The third-order valence-electron chi connectivity index (χ3n) is 3.52. The molecule has 1 aliphatic rings. The highest BCUT2D eigenvalue weighted by molar-refractivity contribution is 5.69. The molecule has 0 atom stereocenters. The maximum absolute atomic E-state index is 13.9. The molecule has 1 aromatic carbocycles. The van der Waals surface area contributed by atoms with E-state index in [9.17, 15) is 8.78 Å².